The first-order valence-corrected chi connectivity index (χ1v) is 12.0. The highest BCUT2D eigenvalue weighted by Gasteiger charge is 1.97. The maximum Gasteiger partial charge on any atom is -0.00974 e. The molecule has 0 fully saturated rings. The smallest absolute Gasteiger partial charge is 0.00974 e. The highest BCUT2D eigenvalue weighted by molar-refractivity contribution is 5.64. The fourth-order valence-electron chi connectivity index (χ4n) is 3.96. The maximum atomic E-state index is 2.32. The SMILES string of the molecule is C(=C\Cc1ccc(-c2ccccc2)cc1)/CCC/C=C/Cc1ccc(-c2ccccc2)cc1. The minimum atomic E-state index is 1.00. The van der Waals surface area contributed by atoms with Gasteiger partial charge in [0, 0.05) is 0 Å². The number of rotatable bonds is 10. The standard InChI is InChI=1S/C33H32/c1(2-4-8-14-28-20-24-32(25-21-28)30-16-10-6-11-17-30)3-5-9-15-29-22-26-33(27-23-29)31-18-12-7-13-19-31/h4-13,16-27H,1-3,14-15H2/b8-4+,9-5+. The molecule has 0 heteroatoms. The highest BCUT2D eigenvalue weighted by Crippen LogP contribution is 2.20. The van der Waals surface area contributed by atoms with Crippen LogP contribution in [0.3, 0.4) is 0 Å². The van der Waals surface area contributed by atoms with Crippen LogP contribution in [0.5, 0.6) is 0 Å². The van der Waals surface area contributed by atoms with Gasteiger partial charge in [0.05, 0.1) is 0 Å². The molecule has 4 aromatic carbocycles. The van der Waals surface area contributed by atoms with Crippen molar-refractivity contribution >= 4 is 0 Å². The van der Waals surface area contributed by atoms with E-state index in [1.165, 1.54) is 39.8 Å². The van der Waals surface area contributed by atoms with Gasteiger partial charge in [-0.25, -0.2) is 0 Å². The van der Waals surface area contributed by atoms with E-state index < -0.39 is 0 Å². The third-order valence-electron chi connectivity index (χ3n) is 5.90. The second-order valence-electron chi connectivity index (χ2n) is 8.41. The van der Waals surface area contributed by atoms with Crippen LogP contribution in [0, 0.1) is 0 Å². The summed E-state index contributed by atoms with van der Waals surface area (Å²) in [5, 5.41) is 0. The zero-order valence-corrected chi connectivity index (χ0v) is 19.2. The van der Waals surface area contributed by atoms with Crippen molar-refractivity contribution in [3.05, 3.63) is 145 Å². The van der Waals surface area contributed by atoms with Gasteiger partial charge >= 0.3 is 0 Å². The quantitative estimate of drug-likeness (QED) is 0.174. The predicted octanol–water partition coefficient (Wildman–Crippen LogP) is 9.09. The topological polar surface area (TPSA) is 0 Å². The molecular formula is C33H32. The van der Waals surface area contributed by atoms with Gasteiger partial charge in [-0.05, 0) is 65.5 Å². The Morgan fingerprint density at radius 1 is 0.364 bits per heavy atom. The lowest BCUT2D eigenvalue weighted by Gasteiger charge is -2.03. The molecule has 164 valence electrons. The second-order valence-corrected chi connectivity index (χ2v) is 8.41. The van der Waals surface area contributed by atoms with Crippen LogP contribution >= 0.6 is 0 Å². The van der Waals surface area contributed by atoms with Crippen LogP contribution in [0.2, 0.25) is 0 Å². The van der Waals surface area contributed by atoms with Gasteiger partial charge in [-0.3, -0.25) is 0 Å². The fraction of sp³-hybridized carbons (Fsp3) is 0.152. The Bertz CT molecular complexity index is 1040. The fourth-order valence-corrected chi connectivity index (χ4v) is 3.96. The van der Waals surface area contributed by atoms with Crippen molar-refractivity contribution < 1.29 is 0 Å². The number of hydrogen-bond acceptors (Lipinski definition) is 0. The van der Waals surface area contributed by atoms with Gasteiger partial charge in [-0.2, -0.15) is 0 Å². The number of benzene rings is 4. The largest absolute Gasteiger partial charge is 0.0882 e. The Morgan fingerprint density at radius 3 is 1.12 bits per heavy atom. The van der Waals surface area contributed by atoms with E-state index in [0.29, 0.717) is 0 Å². The molecular weight excluding hydrogens is 396 g/mol. The molecule has 4 rings (SSSR count). The minimum Gasteiger partial charge on any atom is -0.0882 e. The summed E-state index contributed by atoms with van der Waals surface area (Å²) < 4.78 is 0. The first-order chi connectivity index (χ1) is 16.4. The minimum absolute atomic E-state index is 1.00. The third-order valence-corrected chi connectivity index (χ3v) is 5.90. The molecule has 0 spiro atoms. The molecule has 0 aliphatic rings. The third kappa shape index (κ3) is 7.19. The van der Waals surface area contributed by atoms with Crippen molar-refractivity contribution in [2.75, 3.05) is 0 Å². The van der Waals surface area contributed by atoms with E-state index in [1.807, 2.05) is 0 Å². The summed E-state index contributed by atoms with van der Waals surface area (Å²) in [4.78, 5) is 0. The van der Waals surface area contributed by atoms with Gasteiger partial charge in [0.1, 0.15) is 0 Å². The average molecular weight is 429 g/mol. The van der Waals surface area contributed by atoms with Gasteiger partial charge in [0.25, 0.3) is 0 Å². The Labute approximate surface area is 199 Å². The van der Waals surface area contributed by atoms with Gasteiger partial charge in [0.15, 0.2) is 0 Å². The summed E-state index contributed by atoms with van der Waals surface area (Å²) in [6, 6.07) is 38.9. The molecule has 0 aliphatic heterocycles. The van der Waals surface area contributed by atoms with E-state index in [4.69, 9.17) is 0 Å². The summed E-state index contributed by atoms with van der Waals surface area (Å²) in [5.74, 6) is 0. The van der Waals surface area contributed by atoms with Crippen molar-refractivity contribution in [3.8, 4) is 22.3 Å². The lowest BCUT2D eigenvalue weighted by molar-refractivity contribution is 0.863. The molecule has 0 amide bonds. The van der Waals surface area contributed by atoms with Crippen LogP contribution in [0.25, 0.3) is 22.3 Å². The molecule has 0 saturated carbocycles. The predicted molar refractivity (Wildman–Crippen MR) is 143 cm³/mol. The maximum absolute atomic E-state index is 2.32. The van der Waals surface area contributed by atoms with E-state index in [0.717, 1.165) is 25.7 Å². The van der Waals surface area contributed by atoms with E-state index in [1.54, 1.807) is 0 Å². The van der Waals surface area contributed by atoms with Crippen molar-refractivity contribution in [1.82, 2.24) is 0 Å². The summed E-state index contributed by atoms with van der Waals surface area (Å²) in [5.41, 5.74) is 7.84. The molecule has 4 aromatic rings. The normalized spacial score (nSPS) is 11.4. The van der Waals surface area contributed by atoms with E-state index in [9.17, 15) is 0 Å². The number of unbranched alkanes of at least 4 members (excludes halogenated alkanes) is 2. The van der Waals surface area contributed by atoms with Gasteiger partial charge in [0.2, 0.25) is 0 Å². The Hall–Kier alpha value is -3.64. The molecule has 0 atom stereocenters. The molecule has 0 nitrogen and oxygen atoms in total. The van der Waals surface area contributed by atoms with Crippen LogP contribution in [-0.4, -0.2) is 0 Å². The zero-order chi connectivity index (χ0) is 22.6. The Morgan fingerprint density at radius 2 is 0.727 bits per heavy atom. The summed E-state index contributed by atoms with van der Waals surface area (Å²) in [6.45, 7) is 0. The van der Waals surface area contributed by atoms with Gasteiger partial charge in [-0.15, -0.1) is 0 Å². The van der Waals surface area contributed by atoms with Crippen LogP contribution in [0.15, 0.2) is 133 Å². The molecule has 0 heterocycles. The van der Waals surface area contributed by atoms with Crippen molar-refractivity contribution in [3.63, 3.8) is 0 Å². The molecule has 0 N–H and O–H groups in total. The van der Waals surface area contributed by atoms with Crippen LogP contribution in [-0.2, 0) is 12.8 Å². The van der Waals surface area contributed by atoms with Crippen LogP contribution < -0.4 is 0 Å². The summed E-state index contributed by atoms with van der Waals surface area (Å²) in [7, 11) is 0. The van der Waals surface area contributed by atoms with E-state index in [2.05, 4.69) is 133 Å². The van der Waals surface area contributed by atoms with Crippen molar-refractivity contribution in [1.29, 1.82) is 0 Å². The van der Waals surface area contributed by atoms with Crippen molar-refractivity contribution in [2.24, 2.45) is 0 Å². The van der Waals surface area contributed by atoms with Crippen LogP contribution in [0.1, 0.15) is 30.4 Å². The van der Waals surface area contributed by atoms with Crippen LogP contribution in [0.4, 0.5) is 0 Å². The monoisotopic (exact) mass is 428 g/mol. The highest BCUT2D eigenvalue weighted by atomic mass is 14.0. The van der Waals surface area contributed by atoms with Crippen molar-refractivity contribution in [2.45, 2.75) is 32.1 Å². The number of hydrogen-bond donors (Lipinski definition) is 0. The molecule has 0 aliphatic carbocycles. The summed E-state index contributed by atoms with van der Waals surface area (Å²) in [6.07, 6.45) is 14.7. The molecule has 33 heavy (non-hydrogen) atoms. The Kier molecular flexibility index (Phi) is 8.48. The molecule has 0 saturated heterocycles. The lowest BCUT2D eigenvalue weighted by Crippen LogP contribution is -1.83. The zero-order valence-electron chi connectivity index (χ0n) is 19.2. The first kappa shape index (κ1) is 22.6. The molecule has 0 radical (unpaired) electrons. The number of allylic oxidation sites excluding steroid dienone is 4. The molecule has 0 aromatic heterocycles. The summed E-state index contributed by atoms with van der Waals surface area (Å²) >= 11 is 0. The first-order valence-electron chi connectivity index (χ1n) is 12.0. The molecule has 0 bridgehead atoms. The second kappa shape index (κ2) is 12.4. The van der Waals surface area contributed by atoms with Gasteiger partial charge < -0.3 is 0 Å². The van der Waals surface area contributed by atoms with Gasteiger partial charge in [-0.1, -0.05) is 133 Å². The average Bonchev–Trinajstić information content (AvgIpc) is 2.89. The molecule has 0 unspecified atom stereocenters. The van der Waals surface area contributed by atoms with E-state index in [-0.39, 0.29) is 0 Å². The lowest BCUT2D eigenvalue weighted by atomic mass is 10.0. The Balaban J connectivity index is 1.12. The van der Waals surface area contributed by atoms with E-state index >= 15 is 0 Å².